The molecule has 1 aliphatic heterocycles. The van der Waals surface area contributed by atoms with E-state index < -0.39 is 5.54 Å². The molecule has 16 heavy (non-hydrogen) atoms. The Labute approximate surface area is 95.2 Å². The van der Waals surface area contributed by atoms with Gasteiger partial charge in [-0.2, -0.15) is 5.26 Å². The number of nitrogens with zero attached hydrogens (tertiary/aromatic N) is 2. The first kappa shape index (κ1) is 11.1. The molecule has 0 spiro atoms. The summed E-state index contributed by atoms with van der Waals surface area (Å²) in [5.41, 5.74) is -0.825. The fraction of sp³-hybridized carbons (Fsp3) is 0.750. The van der Waals surface area contributed by atoms with Crippen LogP contribution in [0.4, 0.5) is 0 Å². The lowest BCUT2D eigenvalue weighted by molar-refractivity contribution is -0.155. The molecule has 4 nitrogen and oxygen atoms in total. The van der Waals surface area contributed by atoms with Gasteiger partial charge in [0, 0.05) is 12.8 Å². The van der Waals surface area contributed by atoms with Crippen LogP contribution in [0.1, 0.15) is 45.4 Å². The van der Waals surface area contributed by atoms with E-state index >= 15 is 0 Å². The molecule has 1 heterocycles. The van der Waals surface area contributed by atoms with E-state index in [1.807, 2.05) is 6.92 Å². The van der Waals surface area contributed by atoms with Crippen molar-refractivity contribution < 1.29 is 9.59 Å². The van der Waals surface area contributed by atoms with Crippen molar-refractivity contribution in [1.29, 1.82) is 5.26 Å². The molecule has 0 bridgehead atoms. The first-order valence-electron chi connectivity index (χ1n) is 5.86. The van der Waals surface area contributed by atoms with Crippen LogP contribution in [0.3, 0.4) is 0 Å². The highest BCUT2D eigenvalue weighted by molar-refractivity contribution is 5.99. The highest BCUT2D eigenvalue weighted by atomic mass is 16.2. The first-order chi connectivity index (χ1) is 7.59. The minimum atomic E-state index is -0.825. The van der Waals surface area contributed by atoms with Crippen molar-refractivity contribution in [3.05, 3.63) is 0 Å². The molecule has 0 aromatic rings. The Hall–Kier alpha value is -1.37. The number of hydrogen-bond donors (Lipinski definition) is 0. The number of carbonyl (C=O) groups excluding carboxylic acids is 2. The van der Waals surface area contributed by atoms with Crippen LogP contribution in [0.15, 0.2) is 0 Å². The molecule has 0 aromatic carbocycles. The van der Waals surface area contributed by atoms with Crippen molar-refractivity contribution in [3.8, 4) is 6.07 Å². The molecular weight excluding hydrogens is 204 g/mol. The molecule has 0 aromatic heterocycles. The molecule has 2 amide bonds. The summed E-state index contributed by atoms with van der Waals surface area (Å²) in [5, 5.41) is 9.27. The fourth-order valence-corrected chi connectivity index (χ4v) is 2.81. The van der Waals surface area contributed by atoms with Crippen molar-refractivity contribution in [2.24, 2.45) is 5.92 Å². The number of rotatable bonds is 1. The second-order valence-electron chi connectivity index (χ2n) is 4.99. The average molecular weight is 220 g/mol. The third-order valence-corrected chi connectivity index (χ3v) is 3.61. The monoisotopic (exact) mass is 220 g/mol. The molecule has 2 aliphatic rings. The van der Waals surface area contributed by atoms with Crippen molar-refractivity contribution >= 4 is 11.8 Å². The summed E-state index contributed by atoms with van der Waals surface area (Å²) in [5.74, 6) is -0.201. The number of imide groups is 1. The van der Waals surface area contributed by atoms with E-state index in [-0.39, 0.29) is 17.7 Å². The summed E-state index contributed by atoms with van der Waals surface area (Å²) in [7, 11) is 0. The van der Waals surface area contributed by atoms with E-state index in [4.69, 9.17) is 0 Å². The highest BCUT2D eigenvalue weighted by Gasteiger charge is 2.47. The SMILES string of the molecule is CC1CC(=O)N(C2(C#N)CCCC2)C(=O)C1. The van der Waals surface area contributed by atoms with Crippen LogP contribution in [0, 0.1) is 17.2 Å². The first-order valence-corrected chi connectivity index (χ1v) is 5.86. The summed E-state index contributed by atoms with van der Waals surface area (Å²) in [6.07, 6.45) is 3.95. The van der Waals surface area contributed by atoms with Crippen molar-refractivity contribution in [1.82, 2.24) is 4.90 Å². The third-order valence-electron chi connectivity index (χ3n) is 3.61. The standard InChI is InChI=1S/C12H16N2O2/c1-9-6-10(15)14(11(16)7-9)12(8-13)4-2-3-5-12/h9H,2-7H2,1H3. The van der Waals surface area contributed by atoms with E-state index in [1.165, 1.54) is 4.90 Å². The zero-order valence-corrected chi connectivity index (χ0v) is 9.53. The fourth-order valence-electron chi connectivity index (χ4n) is 2.81. The van der Waals surface area contributed by atoms with E-state index in [1.54, 1.807) is 0 Å². The van der Waals surface area contributed by atoms with Gasteiger partial charge >= 0.3 is 0 Å². The Morgan fingerprint density at radius 1 is 1.25 bits per heavy atom. The molecule has 2 fully saturated rings. The van der Waals surface area contributed by atoms with Crippen LogP contribution >= 0.6 is 0 Å². The molecule has 1 saturated carbocycles. The van der Waals surface area contributed by atoms with Crippen LogP contribution < -0.4 is 0 Å². The molecule has 4 heteroatoms. The number of likely N-dealkylation sites (tertiary alicyclic amines) is 1. The van der Waals surface area contributed by atoms with Gasteiger partial charge in [-0.1, -0.05) is 6.92 Å². The number of nitriles is 1. The average Bonchev–Trinajstić information content (AvgIpc) is 2.66. The Balaban J connectivity index is 2.28. The lowest BCUT2D eigenvalue weighted by Gasteiger charge is -2.38. The molecule has 0 atom stereocenters. The van der Waals surface area contributed by atoms with Crippen molar-refractivity contribution in [3.63, 3.8) is 0 Å². The van der Waals surface area contributed by atoms with Crippen LogP contribution in [0.5, 0.6) is 0 Å². The van der Waals surface area contributed by atoms with Gasteiger partial charge in [-0.25, -0.2) is 0 Å². The van der Waals surface area contributed by atoms with Crippen molar-refractivity contribution in [2.75, 3.05) is 0 Å². The lowest BCUT2D eigenvalue weighted by atomic mass is 9.90. The van der Waals surface area contributed by atoms with Gasteiger partial charge in [-0.3, -0.25) is 14.5 Å². The molecule has 2 rings (SSSR count). The second-order valence-corrected chi connectivity index (χ2v) is 4.99. The zero-order chi connectivity index (χ0) is 11.8. The predicted molar refractivity (Wildman–Crippen MR) is 57.1 cm³/mol. The number of hydrogen-bond acceptors (Lipinski definition) is 3. The van der Waals surface area contributed by atoms with Gasteiger partial charge in [0.05, 0.1) is 6.07 Å². The molecule has 1 aliphatic carbocycles. The summed E-state index contributed by atoms with van der Waals surface area (Å²) < 4.78 is 0. The highest BCUT2D eigenvalue weighted by Crippen LogP contribution is 2.38. The Morgan fingerprint density at radius 2 is 1.75 bits per heavy atom. The normalized spacial score (nSPS) is 25.9. The van der Waals surface area contributed by atoms with E-state index in [9.17, 15) is 14.9 Å². The van der Waals surface area contributed by atoms with Crippen LogP contribution in [-0.2, 0) is 9.59 Å². The van der Waals surface area contributed by atoms with Crippen LogP contribution in [0.25, 0.3) is 0 Å². The quantitative estimate of drug-likeness (QED) is 0.631. The smallest absolute Gasteiger partial charge is 0.230 e. The summed E-state index contributed by atoms with van der Waals surface area (Å²) in [6.45, 7) is 1.90. The van der Waals surface area contributed by atoms with Gasteiger partial charge in [0.25, 0.3) is 0 Å². The van der Waals surface area contributed by atoms with Gasteiger partial charge in [0.1, 0.15) is 5.54 Å². The minimum Gasteiger partial charge on any atom is -0.274 e. The summed E-state index contributed by atoms with van der Waals surface area (Å²) in [4.78, 5) is 25.1. The Bertz CT molecular complexity index is 346. The lowest BCUT2D eigenvalue weighted by Crippen LogP contribution is -2.55. The van der Waals surface area contributed by atoms with Gasteiger partial charge in [0.2, 0.25) is 11.8 Å². The largest absolute Gasteiger partial charge is 0.274 e. The van der Waals surface area contributed by atoms with Crippen LogP contribution in [-0.4, -0.2) is 22.3 Å². The topological polar surface area (TPSA) is 61.2 Å². The third kappa shape index (κ3) is 1.60. The van der Waals surface area contributed by atoms with Crippen LogP contribution in [0.2, 0.25) is 0 Å². The van der Waals surface area contributed by atoms with Gasteiger partial charge in [-0.15, -0.1) is 0 Å². The van der Waals surface area contributed by atoms with Gasteiger partial charge in [-0.05, 0) is 31.6 Å². The second kappa shape index (κ2) is 3.89. The molecule has 1 saturated heterocycles. The Morgan fingerprint density at radius 3 is 2.19 bits per heavy atom. The van der Waals surface area contributed by atoms with E-state index in [0.29, 0.717) is 25.7 Å². The molecule has 0 N–H and O–H groups in total. The maximum absolute atomic E-state index is 11.9. The van der Waals surface area contributed by atoms with Gasteiger partial charge in [0.15, 0.2) is 0 Å². The number of piperidine rings is 1. The molecule has 0 unspecified atom stereocenters. The molecule has 86 valence electrons. The molecular formula is C12H16N2O2. The predicted octanol–water partition coefficient (Wildman–Crippen LogP) is 1.61. The van der Waals surface area contributed by atoms with E-state index in [2.05, 4.69) is 6.07 Å². The number of carbonyl (C=O) groups is 2. The summed E-state index contributed by atoms with van der Waals surface area (Å²) in [6, 6.07) is 2.21. The van der Waals surface area contributed by atoms with Crippen molar-refractivity contribution in [2.45, 2.75) is 51.0 Å². The minimum absolute atomic E-state index is 0.119. The summed E-state index contributed by atoms with van der Waals surface area (Å²) >= 11 is 0. The maximum atomic E-state index is 11.9. The molecule has 0 radical (unpaired) electrons. The maximum Gasteiger partial charge on any atom is 0.230 e. The zero-order valence-electron chi connectivity index (χ0n) is 9.53. The number of amides is 2. The van der Waals surface area contributed by atoms with Gasteiger partial charge < -0.3 is 0 Å². The Kier molecular flexibility index (Phi) is 2.71. The van der Waals surface area contributed by atoms with E-state index in [0.717, 1.165) is 12.8 Å².